The van der Waals surface area contributed by atoms with Crippen LogP contribution in [0.3, 0.4) is 0 Å². The van der Waals surface area contributed by atoms with E-state index in [1.165, 1.54) is 6.08 Å². The zero-order chi connectivity index (χ0) is 15.3. The molecule has 1 amide bonds. The van der Waals surface area contributed by atoms with E-state index in [1.54, 1.807) is 17.8 Å². The molecule has 0 aliphatic rings. The lowest BCUT2D eigenvalue weighted by molar-refractivity contribution is -0.118. The number of aromatic nitrogens is 2. The lowest BCUT2D eigenvalue weighted by Crippen LogP contribution is -2.45. The Morgan fingerprint density at radius 3 is 2.70 bits per heavy atom. The van der Waals surface area contributed by atoms with Gasteiger partial charge in [-0.25, -0.2) is 0 Å². The van der Waals surface area contributed by atoms with Gasteiger partial charge in [0, 0.05) is 30.8 Å². The normalized spacial score (nSPS) is 14.5. The molecule has 2 N–H and O–H groups in total. The van der Waals surface area contributed by atoms with Gasteiger partial charge in [-0.05, 0) is 32.8 Å². The van der Waals surface area contributed by atoms with Gasteiger partial charge in [0.1, 0.15) is 5.15 Å². The number of aliphatic hydroxyl groups excluding tert-OH is 1. The Bertz CT molecular complexity index is 511. The Balaban J connectivity index is 2.77. The molecule has 1 aromatic heterocycles. The third-order valence-electron chi connectivity index (χ3n) is 3.47. The smallest absolute Gasteiger partial charge is 0.244 e. The van der Waals surface area contributed by atoms with Crippen molar-refractivity contribution in [3.05, 3.63) is 22.5 Å². The summed E-state index contributed by atoms with van der Waals surface area (Å²) in [6.07, 6.45) is 4.38. The number of aryl methyl sites for hydroxylation is 2. The maximum Gasteiger partial charge on any atom is 0.244 e. The Labute approximate surface area is 124 Å². The van der Waals surface area contributed by atoms with E-state index in [4.69, 9.17) is 16.7 Å². The Morgan fingerprint density at radius 1 is 1.60 bits per heavy atom. The Morgan fingerprint density at radius 2 is 2.25 bits per heavy atom. The third kappa shape index (κ3) is 4.08. The van der Waals surface area contributed by atoms with E-state index in [0.717, 1.165) is 17.7 Å². The van der Waals surface area contributed by atoms with Crippen LogP contribution in [0.1, 0.15) is 37.9 Å². The minimum absolute atomic E-state index is 0.0435. The minimum Gasteiger partial charge on any atom is -0.396 e. The van der Waals surface area contributed by atoms with Crippen LogP contribution in [0.5, 0.6) is 0 Å². The summed E-state index contributed by atoms with van der Waals surface area (Å²) in [6, 6.07) is 0. The van der Waals surface area contributed by atoms with Gasteiger partial charge in [0.2, 0.25) is 5.91 Å². The first-order chi connectivity index (χ1) is 9.33. The van der Waals surface area contributed by atoms with Gasteiger partial charge in [0.15, 0.2) is 0 Å². The summed E-state index contributed by atoms with van der Waals surface area (Å²) in [6.45, 7) is 5.77. The van der Waals surface area contributed by atoms with E-state index >= 15 is 0 Å². The molecule has 0 bridgehead atoms. The number of rotatable bonds is 6. The van der Waals surface area contributed by atoms with E-state index in [0.29, 0.717) is 11.6 Å². The predicted octanol–water partition coefficient (Wildman–Crippen LogP) is 2.06. The van der Waals surface area contributed by atoms with E-state index in [1.807, 2.05) is 20.8 Å². The van der Waals surface area contributed by atoms with Crippen molar-refractivity contribution in [1.29, 1.82) is 0 Å². The maximum atomic E-state index is 11.9. The number of carbonyl (C=O) groups excluding carboxylic acids is 1. The Kier molecular flexibility index (Phi) is 5.77. The highest BCUT2D eigenvalue weighted by molar-refractivity contribution is 6.31. The number of halogens is 1. The lowest BCUT2D eigenvalue weighted by atomic mass is 9.95. The topological polar surface area (TPSA) is 67.2 Å². The molecular formula is C14H22ClN3O2. The number of hydrogen-bond acceptors (Lipinski definition) is 3. The highest BCUT2D eigenvalue weighted by atomic mass is 35.5. The molecule has 0 spiro atoms. The molecule has 0 saturated carbocycles. The van der Waals surface area contributed by atoms with E-state index in [9.17, 15) is 4.79 Å². The quantitative estimate of drug-likeness (QED) is 0.790. The predicted molar refractivity (Wildman–Crippen MR) is 80.5 cm³/mol. The first-order valence-corrected chi connectivity index (χ1v) is 7.01. The minimum atomic E-state index is -0.399. The molecule has 0 fully saturated rings. The molecule has 0 aromatic carbocycles. The molecule has 1 unspecified atom stereocenters. The van der Waals surface area contributed by atoms with Crippen LogP contribution in [0.15, 0.2) is 6.08 Å². The summed E-state index contributed by atoms with van der Waals surface area (Å²) in [5.41, 5.74) is 1.11. The first-order valence-electron chi connectivity index (χ1n) is 6.63. The largest absolute Gasteiger partial charge is 0.396 e. The van der Waals surface area contributed by atoms with Gasteiger partial charge in [-0.3, -0.25) is 9.48 Å². The monoisotopic (exact) mass is 299 g/mol. The lowest BCUT2D eigenvalue weighted by Gasteiger charge is -2.28. The first kappa shape index (κ1) is 16.7. The van der Waals surface area contributed by atoms with Crippen LogP contribution in [-0.4, -0.2) is 32.9 Å². The highest BCUT2D eigenvalue weighted by Gasteiger charge is 2.22. The van der Waals surface area contributed by atoms with Crippen LogP contribution >= 0.6 is 11.6 Å². The molecule has 5 nitrogen and oxygen atoms in total. The number of aliphatic hydroxyl groups is 1. The third-order valence-corrected chi connectivity index (χ3v) is 3.91. The van der Waals surface area contributed by atoms with Gasteiger partial charge in [0.25, 0.3) is 0 Å². The number of nitrogens with one attached hydrogen (secondary N) is 1. The number of amides is 1. The molecule has 6 heteroatoms. The van der Waals surface area contributed by atoms with E-state index in [2.05, 4.69) is 10.4 Å². The second kappa shape index (κ2) is 6.90. The van der Waals surface area contributed by atoms with Crippen molar-refractivity contribution in [3.8, 4) is 0 Å². The summed E-state index contributed by atoms with van der Waals surface area (Å²) < 4.78 is 1.57. The fraction of sp³-hybridized carbons (Fsp3) is 0.571. The highest BCUT2D eigenvalue weighted by Crippen LogP contribution is 2.20. The molecule has 20 heavy (non-hydrogen) atoms. The van der Waals surface area contributed by atoms with Crippen molar-refractivity contribution in [1.82, 2.24) is 15.1 Å². The van der Waals surface area contributed by atoms with Crippen molar-refractivity contribution in [2.24, 2.45) is 7.05 Å². The Hall–Kier alpha value is -1.33. The van der Waals surface area contributed by atoms with Gasteiger partial charge in [0.05, 0.1) is 5.69 Å². The van der Waals surface area contributed by atoms with Gasteiger partial charge >= 0.3 is 0 Å². The van der Waals surface area contributed by atoms with Gasteiger partial charge in [-0.15, -0.1) is 0 Å². The van der Waals surface area contributed by atoms with Crippen molar-refractivity contribution in [2.75, 3.05) is 6.61 Å². The molecule has 1 heterocycles. The van der Waals surface area contributed by atoms with E-state index in [-0.39, 0.29) is 12.5 Å². The van der Waals surface area contributed by atoms with Crippen LogP contribution in [-0.2, 0) is 11.8 Å². The van der Waals surface area contributed by atoms with Crippen molar-refractivity contribution >= 4 is 23.6 Å². The second-order valence-electron chi connectivity index (χ2n) is 5.12. The SMILES string of the molecule is CCC(C)(CCO)NC(=O)/C=C/c1c(C)nn(C)c1Cl. The van der Waals surface area contributed by atoms with E-state index < -0.39 is 5.54 Å². The maximum absolute atomic E-state index is 11.9. The van der Waals surface area contributed by atoms with Crippen LogP contribution < -0.4 is 5.32 Å². The van der Waals surface area contributed by atoms with Crippen LogP contribution in [0.4, 0.5) is 0 Å². The summed E-state index contributed by atoms with van der Waals surface area (Å²) in [4.78, 5) is 11.9. The summed E-state index contributed by atoms with van der Waals surface area (Å²) >= 11 is 6.09. The molecule has 0 aliphatic heterocycles. The second-order valence-corrected chi connectivity index (χ2v) is 5.48. The van der Waals surface area contributed by atoms with Crippen LogP contribution in [0, 0.1) is 6.92 Å². The van der Waals surface area contributed by atoms with Gasteiger partial charge in [-0.2, -0.15) is 5.10 Å². The molecule has 112 valence electrons. The summed E-state index contributed by atoms with van der Waals surface area (Å²) in [7, 11) is 1.75. The average molecular weight is 300 g/mol. The molecule has 0 saturated heterocycles. The van der Waals surface area contributed by atoms with Crippen molar-refractivity contribution < 1.29 is 9.90 Å². The average Bonchev–Trinajstić information content (AvgIpc) is 2.61. The summed E-state index contributed by atoms with van der Waals surface area (Å²) in [5.74, 6) is -0.206. The fourth-order valence-corrected chi connectivity index (χ4v) is 2.15. The molecule has 1 rings (SSSR count). The zero-order valence-electron chi connectivity index (χ0n) is 12.4. The number of carbonyl (C=O) groups is 1. The standard InChI is InChI=1S/C14H22ClN3O2/c1-5-14(3,8-9-19)16-12(20)7-6-11-10(2)17-18(4)13(11)15/h6-7,19H,5,8-9H2,1-4H3,(H,16,20)/b7-6+. The zero-order valence-corrected chi connectivity index (χ0v) is 13.2. The van der Waals surface area contributed by atoms with Crippen LogP contribution in [0.25, 0.3) is 6.08 Å². The van der Waals surface area contributed by atoms with Crippen LogP contribution in [0.2, 0.25) is 5.15 Å². The van der Waals surface area contributed by atoms with Crippen molar-refractivity contribution in [2.45, 2.75) is 39.2 Å². The molecule has 1 atom stereocenters. The fourth-order valence-electron chi connectivity index (χ4n) is 1.91. The number of nitrogens with zero attached hydrogens (tertiary/aromatic N) is 2. The number of hydrogen-bond donors (Lipinski definition) is 2. The summed E-state index contributed by atoms with van der Waals surface area (Å²) in [5, 5.41) is 16.6. The van der Waals surface area contributed by atoms with Gasteiger partial charge in [-0.1, -0.05) is 18.5 Å². The molecule has 0 radical (unpaired) electrons. The van der Waals surface area contributed by atoms with Gasteiger partial charge < -0.3 is 10.4 Å². The van der Waals surface area contributed by atoms with Crippen molar-refractivity contribution in [3.63, 3.8) is 0 Å². The molecular weight excluding hydrogens is 278 g/mol. The molecule has 0 aliphatic carbocycles. The molecule has 1 aromatic rings.